The van der Waals surface area contributed by atoms with Gasteiger partial charge in [-0.2, -0.15) is 4.79 Å². The third kappa shape index (κ3) is 2.30. The van der Waals surface area contributed by atoms with Gasteiger partial charge in [0.05, 0.1) is 12.5 Å². The van der Waals surface area contributed by atoms with Gasteiger partial charge in [0.15, 0.2) is 17.8 Å². The highest BCUT2D eigenvalue weighted by Crippen LogP contribution is 2.29. The summed E-state index contributed by atoms with van der Waals surface area (Å²) in [6.45, 7) is 2.21. The molecule has 1 saturated carbocycles. The average molecular weight is 274 g/mol. The van der Waals surface area contributed by atoms with E-state index in [2.05, 4.69) is 6.92 Å². The van der Waals surface area contributed by atoms with Crippen molar-refractivity contribution in [2.24, 2.45) is 5.92 Å². The van der Waals surface area contributed by atoms with E-state index in [1.807, 2.05) is 12.3 Å². The summed E-state index contributed by atoms with van der Waals surface area (Å²) in [5, 5.41) is 0.904. The van der Waals surface area contributed by atoms with E-state index < -0.39 is 0 Å². The van der Waals surface area contributed by atoms with Gasteiger partial charge in [-0.05, 0) is 31.0 Å². The molecular formula is C16H20NO3+. The van der Waals surface area contributed by atoms with Gasteiger partial charge < -0.3 is 9.15 Å². The molecule has 0 N–H and O–H groups in total. The third-order valence-electron chi connectivity index (χ3n) is 4.33. The van der Waals surface area contributed by atoms with Crippen LogP contribution in [0.1, 0.15) is 38.6 Å². The molecule has 0 bridgehead atoms. The fourth-order valence-electron chi connectivity index (χ4n) is 3.14. The number of hydrogen-bond acceptors (Lipinski definition) is 3. The van der Waals surface area contributed by atoms with Gasteiger partial charge in [-0.15, -0.1) is 4.57 Å². The van der Waals surface area contributed by atoms with Crippen molar-refractivity contribution in [1.82, 2.24) is 0 Å². The van der Waals surface area contributed by atoms with Crippen molar-refractivity contribution in [2.45, 2.75) is 38.6 Å². The zero-order chi connectivity index (χ0) is 14.1. The molecule has 1 aromatic heterocycles. The van der Waals surface area contributed by atoms with Crippen molar-refractivity contribution in [1.29, 1.82) is 0 Å². The van der Waals surface area contributed by atoms with Gasteiger partial charge in [-0.1, -0.05) is 13.3 Å². The first-order valence-electron chi connectivity index (χ1n) is 7.22. The van der Waals surface area contributed by atoms with Crippen LogP contribution in [0.3, 0.4) is 0 Å². The van der Waals surface area contributed by atoms with Crippen LogP contribution in [0.4, 0.5) is 0 Å². The fourth-order valence-corrected chi connectivity index (χ4v) is 3.14. The maximum Gasteiger partial charge on any atom is 0.602 e. The Labute approximate surface area is 118 Å². The van der Waals surface area contributed by atoms with E-state index in [9.17, 15) is 4.79 Å². The quantitative estimate of drug-likeness (QED) is 0.791. The lowest BCUT2D eigenvalue weighted by molar-refractivity contribution is -0.753. The summed E-state index contributed by atoms with van der Waals surface area (Å²) in [6.07, 6.45) is 6.57. The minimum atomic E-state index is -0.263. The monoisotopic (exact) mass is 274 g/mol. The fraction of sp³-hybridized carbons (Fsp3) is 0.500. The van der Waals surface area contributed by atoms with E-state index in [0.717, 1.165) is 17.6 Å². The summed E-state index contributed by atoms with van der Waals surface area (Å²) in [7, 11) is 1.64. The summed E-state index contributed by atoms with van der Waals surface area (Å²) in [6, 6.07) is 5.74. The Balaban J connectivity index is 2.10. The first-order valence-corrected chi connectivity index (χ1v) is 7.22. The van der Waals surface area contributed by atoms with Crippen molar-refractivity contribution >= 4 is 11.0 Å². The van der Waals surface area contributed by atoms with Gasteiger partial charge in [0.2, 0.25) is 0 Å². The molecule has 2 aromatic rings. The predicted molar refractivity (Wildman–Crippen MR) is 75.9 cm³/mol. The van der Waals surface area contributed by atoms with Crippen LogP contribution in [-0.2, 0) is 0 Å². The maximum absolute atomic E-state index is 12.2. The Morgan fingerprint density at radius 1 is 1.30 bits per heavy atom. The third-order valence-corrected chi connectivity index (χ3v) is 4.33. The maximum atomic E-state index is 12.2. The first kappa shape index (κ1) is 13.2. The lowest BCUT2D eigenvalue weighted by atomic mass is 9.86. The summed E-state index contributed by atoms with van der Waals surface area (Å²) >= 11 is 0. The standard InChI is InChI=1S/C16H20NO3/c1-11-5-3-4-6-14(11)17-10-12-9-13(19-2)7-8-15(12)20-16(17)18/h7-11,14H,3-6H2,1-2H3/q+1. The highest BCUT2D eigenvalue weighted by molar-refractivity contribution is 5.76. The summed E-state index contributed by atoms with van der Waals surface area (Å²) in [4.78, 5) is 12.2. The van der Waals surface area contributed by atoms with Gasteiger partial charge in [-0.3, -0.25) is 0 Å². The van der Waals surface area contributed by atoms with Gasteiger partial charge in [0.25, 0.3) is 0 Å². The molecule has 1 aliphatic carbocycles. The highest BCUT2D eigenvalue weighted by atomic mass is 16.5. The number of fused-ring (bicyclic) bond motifs is 1. The van der Waals surface area contributed by atoms with Gasteiger partial charge in [-0.25, -0.2) is 0 Å². The molecule has 20 heavy (non-hydrogen) atoms. The number of nitrogens with zero attached hydrogens (tertiary/aromatic N) is 1. The smallest absolute Gasteiger partial charge is 0.497 e. The van der Waals surface area contributed by atoms with Crippen LogP contribution in [0.2, 0.25) is 0 Å². The van der Waals surface area contributed by atoms with Crippen molar-refractivity contribution in [3.63, 3.8) is 0 Å². The lowest BCUT2D eigenvalue weighted by Crippen LogP contribution is -2.55. The van der Waals surface area contributed by atoms with Crippen molar-refractivity contribution < 1.29 is 13.7 Å². The summed E-state index contributed by atoms with van der Waals surface area (Å²) < 4.78 is 12.4. The molecule has 0 saturated heterocycles. The normalized spacial score (nSPS) is 22.9. The molecule has 1 aliphatic rings. The lowest BCUT2D eigenvalue weighted by Gasteiger charge is -2.23. The van der Waals surface area contributed by atoms with E-state index in [4.69, 9.17) is 9.15 Å². The Hall–Kier alpha value is -1.84. The van der Waals surface area contributed by atoms with Crippen molar-refractivity contribution in [2.75, 3.05) is 7.11 Å². The second-order valence-electron chi connectivity index (χ2n) is 5.64. The molecule has 0 radical (unpaired) electrons. The van der Waals surface area contributed by atoms with Crippen molar-refractivity contribution in [3.05, 3.63) is 34.9 Å². The first-order chi connectivity index (χ1) is 9.69. The second kappa shape index (κ2) is 5.27. The van der Waals surface area contributed by atoms with Crippen LogP contribution in [0.25, 0.3) is 11.0 Å². The number of methoxy groups -OCH3 is 1. The Kier molecular flexibility index (Phi) is 3.47. The van der Waals surface area contributed by atoms with Crippen LogP contribution < -0.4 is 15.1 Å². The van der Waals surface area contributed by atoms with E-state index in [1.54, 1.807) is 23.8 Å². The Bertz CT molecular complexity index is 677. The minimum absolute atomic E-state index is 0.246. The molecule has 2 atom stereocenters. The molecule has 2 unspecified atom stereocenters. The summed E-state index contributed by atoms with van der Waals surface area (Å²) in [5.41, 5.74) is 0.607. The number of hydrogen-bond donors (Lipinski definition) is 0. The van der Waals surface area contributed by atoms with Crippen LogP contribution in [0.5, 0.6) is 5.75 Å². The highest BCUT2D eigenvalue weighted by Gasteiger charge is 2.32. The van der Waals surface area contributed by atoms with E-state index in [-0.39, 0.29) is 11.8 Å². The van der Waals surface area contributed by atoms with Crippen LogP contribution in [-0.4, -0.2) is 7.11 Å². The van der Waals surface area contributed by atoms with E-state index in [1.165, 1.54) is 19.3 Å². The van der Waals surface area contributed by atoms with Crippen molar-refractivity contribution in [3.8, 4) is 5.75 Å². The zero-order valence-electron chi connectivity index (χ0n) is 12.0. The largest absolute Gasteiger partial charge is 0.602 e. The van der Waals surface area contributed by atoms with Crippen LogP contribution in [0, 0.1) is 5.92 Å². The molecular weight excluding hydrogens is 254 g/mol. The summed E-state index contributed by atoms with van der Waals surface area (Å²) in [5.74, 6) is 1.02. The average Bonchev–Trinajstić information content (AvgIpc) is 2.47. The van der Waals surface area contributed by atoms with Crippen LogP contribution >= 0.6 is 0 Å². The zero-order valence-corrected chi connectivity index (χ0v) is 12.0. The molecule has 4 heteroatoms. The van der Waals surface area contributed by atoms with E-state index in [0.29, 0.717) is 11.5 Å². The molecule has 106 valence electrons. The Morgan fingerprint density at radius 2 is 2.10 bits per heavy atom. The van der Waals surface area contributed by atoms with Gasteiger partial charge >= 0.3 is 5.76 Å². The van der Waals surface area contributed by atoms with Gasteiger partial charge in [0, 0.05) is 12.3 Å². The minimum Gasteiger partial charge on any atom is -0.497 e. The molecule has 0 spiro atoms. The number of benzene rings is 1. The van der Waals surface area contributed by atoms with E-state index >= 15 is 0 Å². The number of ether oxygens (including phenoxy) is 1. The number of rotatable bonds is 2. The predicted octanol–water partition coefficient (Wildman–Crippen LogP) is 2.84. The SMILES string of the molecule is COc1ccc2oc(=O)[n+](C3CCCCC3C)cc2c1. The topological polar surface area (TPSA) is 43.3 Å². The second-order valence-corrected chi connectivity index (χ2v) is 5.64. The molecule has 4 nitrogen and oxygen atoms in total. The molecule has 1 heterocycles. The Morgan fingerprint density at radius 3 is 2.85 bits per heavy atom. The van der Waals surface area contributed by atoms with Crippen LogP contribution in [0.15, 0.2) is 33.6 Å². The molecule has 0 amide bonds. The molecule has 1 fully saturated rings. The number of aromatic nitrogens is 1. The van der Waals surface area contributed by atoms with Gasteiger partial charge in [0.1, 0.15) is 5.75 Å². The molecule has 3 rings (SSSR count). The molecule has 1 aromatic carbocycles. The molecule has 0 aliphatic heterocycles.